The molecule has 3 rings (SSSR count). The smallest absolute Gasteiger partial charge is 0.251 e. The Morgan fingerprint density at radius 2 is 1.74 bits per heavy atom. The number of nitrogens with one attached hydrogen (secondary N) is 2. The number of hydrogen-bond donors (Lipinski definition) is 2. The van der Waals surface area contributed by atoms with E-state index in [2.05, 4.69) is 10.6 Å². The lowest BCUT2D eigenvalue weighted by Crippen LogP contribution is -2.32. The largest absolute Gasteiger partial charge is 0.497 e. The molecular weight excluding hydrogens is 340 g/mol. The Morgan fingerprint density at radius 1 is 1.07 bits per heavy atom. The molecule has 0 spiro atoms. The third-order valence-electron chi connectivity index (χ3n) is 4.77. The van der Waals surface area contributed by atoms with Crippen molar-refractivity contribution in [3.63, 3.8) is 0 Å². The second-order valence-electron chi connectivity index (χ2n) is 7.10. The molecule has 27 heavy (non-hydrogen) atoms. The predicted molar refractivity (Wildman–Crippen MR) is 106 cm³/mol. The molecule has 0 aromatic heterocycles. The van der Waals surface area contributed by atoms with Gasteiger partial charge in [-0.05, 0) is 74.6 Å². The molecule has 1 unspecified atom stereocenters. The van der Waals surface area contributed by atoms with Gasteiger partial charge in [-0.2, -0.15) is 0 Å². The van der Waals surface area contributed by atoms with E-state index in [1.165, 1.54) is 5.56 Å². The molecule has 5 nitrogen and oxygen atoms in total. The summed E-state index contributed by atoms with van der Waals surface area (Å²) < 4.78 is 5.16. The van der Waals surface area contributed by atoms with Gasteiger partial charge in [0.25, 0.3) is 5.91 Å². The van der Waals surface area contributed by atoms with Gasteiger partial charge in [0.1, 0.15) is 5.75 Å². The Kier molecular flexibility index (Phi) is 6.12. The lowest BCUT2D eigenvalue weighted by atomic mass is 10.1. The molecule has 1 atom stereocenters. The lowest BCUT2D eigenvalue weighted by Gasteiger charge is -2.14. The van der Waals surface area contributed by atoms with Crippen LogP contribution < -0.4 is 15.4 Å². The van der Waals surface area contributed by atoms with Crippen molar-refractivity contribution >= 4 is 17.5 Å². The lowest BCUT2D eigenvalue weighted by molar-refractivity contribution is -0.117. The van der Waals surface area contributed by atoms with Gasteiger partial charge in [0.05, 0.1) is 7.11 Å². The molecule has 1 saturated carbocycles. The van der Waals surface area contributed by atoms with Crippen LogP contribution in [0.2, 0.25) is 0 Å². The number of anilines is 1. The van der Waals surface area contributed by atoms with Gasteiger partial charge in [0.15, 0.2) is 0 Å². The molecule has 0 radical (unpaired) electrons. The Balaban J connectivity index is 1.46. The average molecular weight is 366 g/mol. The first-order valence-electron chi connectivity index (χ1n) is 9.40. The highest BCUT2D eigenvalue weighted by Gasteiger charge is 2.29. The van der Waals surface area contributed by atoms with Crippen LogP contribution in [-0.2, 0) is 11.2 Å². The SMILES string of the molecule is COc1ccc(CCC(C)NC(=O)c2ccc(NC(=O)C3CC3)cc2)cc1. The molecule has 1 fully saturated rings. The van der Waals surface area contributed by atoms with Gasteiger partial charge in [-0.15, -0.1) is 0 Å². The van der Waals surface area contributed by atoms with E-state index < -0.39 is 0 Å². The maximum absolute atomic E-state index is 12.4. The minimum absolute atomic E-state index is 0.0637. The molecule has 5 heteroatoms. The number of hydrogen-bond acceptors (Lipinski definition) is 3. The molecule has 2 aromatic rings. The molecule has 0 aliphatic heterocycles. The Morgan fingerprint density at radius 3 is 2.33 bits per heavy atom. The van der Waals surface area contributed by atoms with Crippen LogP contribution in [-0.4, -0.2) is 25.0 Å². The summed E-state index contributed by atoms with van der Waals surface area (Å²) >= 11 is 0. The number of benzene rings is 2. The number of amides is 2. The summed E-state index contributed by atoms with van der Waals surface area (Å²) in [7, 11) is 1.65. The normalized spacial score (nSPS) is 14.3. The van der Waals surface area contributed by atoms with E-state index in [0.29, 0.717) is 5.56 Å². The minimum atomic E-state index is -0.0997. The van der Waals surface area contributed by atoms with E-state index in [1.807, 2.05) is 31.2 Å². The maximum Gasteiger partial charge on any atom is 0.251 e. The summed E-state index contributed by atoms with van der Waals surface area (Å²) in [6, 6.07) is 15.1. The van der Waals surface area contributed by atoms with Crippen molar-refractivity contribution in [2.75, 3.05) is 12.4 Å². The van der Waals surface area contributed by atoms with E-state index >= 15 is 0 Å². The molecular formula is C22H26N2O3. The molecule has 2 amide bonds. The summed E-state index contributed by atoms with van der Waals surface area (Å²) in [5.74, 6) is 0.980. The van der Waals surface area contributed by atoms with Crippen LogP contribution in [0.5, 0.6) is 5.75 Å². The number of methoxy groups -OCH3 is 1. The number of rotatable bonds is 8. The van der Waals surface area contributed by atoms with Gasteiger partial charge in [-0.25, -0.2) is 0 Å². The third kappa shape index (κ3) is 5.58. The Bertz CT molecular complexity index is 780. The monoisotopic (exact) mass is 366 g/mol. The van der Waals surface area contributed by atoms with E-state index in [1.54, 1.807) is 31.4 Å². The van der Waals surface area contributed by atoms with Crippen LogP contribution in [0.15, 0.2) is 48.5 Å². The molecule has 2 N–H and O–H groups in total. The van der Waals surface area contributed by atoms with E-state index in [-0.39, 0.29) is 23.8 Å². The minimum Gasteiger partial charge on any atom is -0.497 e. The molecule has 142 valence electrons. The first-order valence-corrected chi connectivity index (χ1v) is 9.40. The highest BCUT2D eigenvalue weighted by molar-refractivity contribution is 5.96. The van der Waals surface area contributed by atoms with Crippen molar-refractivity contribution in [3.05, 3.63) is 59.7 Å². The van der Waals surface area contributed by atoms with Crippen molar-refractivity contribution < 1.29 is 14.3 Å². The van der Waals surface area contributed by atoms with E-state index in [9.17, 15) is 9.59 Å². The topological polar surface area (TPSA) is 67.4 Å². The van der Waals surface area contributed by atoms with Gasteiger partial charge in [0.2, 0.25) is 5.91 Å². The van der Waals surface area contributed by atoms with Crippen LogP contribution in [0.1, 0.15) is 42.1 Å². The number of carbonyl (C=O) groups excluding carboxylic acids is 2. The van der Waals surface area contributed by atoms with Crippen LogP contribution in [0.3, 0.4) is 0 Å². The third-order valence-corrected chi connectivity index (χ3v) is 4.77. The molecule has 0 heterocycles. The zero-order valence-corrected chi connectivity index (χ0v) is 15.8. The molecule has 0 bridgehead atoms. The standard InChI is InChI=1S/C22H26N2O3/c1-15(3-4-16-5-13-20(27-2)14-6-16)23-21(25)18-9-11-19(12-10-18)24-22(26)17-7-8-17/h5-6,9-15,17H,3-4,7-8H2,1-2H3,(H,23,25)(H,24,26). The summed E-state index contributed by atoms with van der Waals surface area (Å²) in [6.45, 7) is 2.01. The Labute approximate surface area is 160 Å². The van der Waals surface area contributed by atoms with E-state index in [0.717, 1.165) is 37.1 Å². The van der Waals surface area contributed by atoms with E-state index in [4.69, 9.17) is 4.74 Å². The summed E-state index contributed by atoms with van der Waals surface area (Å²) in [6.07, 6.45) is 3.69. The van der Waals surface area contributed by atoms with Gasteiger partial charge in [0, 0.05) is 23.2 Å². The predicted octanol–water partition coefficient (Wildman–Crippen LogP) is 3.79. The fraction of sp³-hybridized carbons (Fsp3) is 0.364. The highest BCUT2D eigenvalue weighted by atomic mass is 16.5. The fourth-order valence-electron chi connectivity index (χ4n) is 2.85. The van der Waals surface area contributed by atoms with Crippen molar-refractivity contribution in [3.8, 4) is 5.75 Å². The second kappa shape index (κ2) is 8.71. The molecule has 0 saturated heterocycles. The Hall–Kier alpha value is -2.82. The fourth-order valence-corrected chi connectivity index (χ4v) is 2.85. The molecule has 2 aromatic carbocycles. The molecule has 1 aliphatic rings. The van der Waals surface area contributed by atoms with Crippen molar-refractivity contribution in [1.29, 1.82) is 0 Å². The van der Waals surface area contributed by atoms with Gasteiger partial charge in [-0.1, -0.05) is 12.1 Å². The van der Waals surface area contributed by atoms with Crippen LogP contribution in [0.25, 0.3) is 0 Å². The average Bonchev–Trinajstić information content (AvgIpc) is 3.52. The van der Waals surface area contributed by atoms with Crippen LogP contribution in [0.4, 0.5) is 5.69 Å². The van der Waals surface area contributed by atoms with Crippen LogP contribution >= 0.6 is 0 Å². The number of carbonyl (C=O) groups is 2. The van der Waals surface area contributed by atoms with Gasteiger partial charge in [-0.3, -0.25) is 9.59 Å². The number of ether oxygens (including phenoxy) is 1. The van der Waals surface area contributed by atoms with Crippen molar-refractivity contribution in [2.45, 2.75) is 38.6 Å². The first-order chi connectivity index (χ1) is 13.0. The van der Waals surface area contributed by atoms with Crippen LogP contribution in [0, 0.1) is 5.92 Å². The van der Waals surface area contributed by atoms with Crippen molar-refractivity contribution in [2.24, 2.45) is 5.92 Å². The number of aryl methyl sites for hydroxylation is 1. The first kappa shape index (κ1) is 19.0. The summed E-state index contributed by atoms with van der Waals surface area (Å²) in [4.78, 5) is 24.2. The summed E-state index contributed by atoms with van der Waals surface area (Å²) in [5, 5.41) is 5.90. The maximum atomic E-state index is 12.4. The highest BCUT2D eigenvalue weighted by Crippen LogP contribution is 2.30. The zero-order valence-electron chi connectivity index (χ0n) is 15.8. The quantitative estimate of drug-likeness (QED) is 0.747. The zero-order chi connectivity index (χ0) is 19.2. The van der Waals surface area contributed by atoms with Gasteiger partial charge < -0.3 is 15.4 Å². The second-order valence-corrected chi connectivity index (χ2v) is 7.10. The summed E-state index contributed by atoms with van der Waals surface area (Å²) in [5.41, 5.74) is 2.54. The van der Waals surface area contributed by atoms with Gasteiger partial charge >= 0.3 is 0 Å². The molecule has 1 aliphatic carbocycles. The van der Waals surface area contributed by atoms with Crippen molar-refractivity contribution in [1.82, 2.24) is 5.32 Å².